The smallest absolute Gasteiger partial charge is 0.328 e. The number of urea groups is 1. The molecule has 0 saturated carbocycles. The molecular weight excluding hydrogens is 346 g/mol. The predicted octanol–water partition coefficient (Wildman–Crippen LogP) is 1.30. The number of sulfonamides is 1. The van der Waals surface area contributed by atoms with Gasteiger partial charge in [-0.25, -0.2) is 23.4 Å². The van der Waals surface area contributed by atoms with Gasteiger partial charge in [-0.05, 0) is 30.7 Å². The van der Waals surface area contributed by atoms with Gasteiger partial charge in [0.2, 0.25) is 0 Å². The molecule has 0 spiro atoms. The van der Waals surface area contributed by atoms with Crippen LogP contribution in [0, 0.1) is 6.92 Å². The summed E-state index contributed by atoms with van der Waals surface area (Å²) in [6.07, 6.45) is 0. The maximum atomic E-state index is 12.1. The molecule has 4 N–H and O–H groups in total. The van der Waals surface area contributed by atoms with Crippen molar-refractivity contribution in [1.82, 2.24) is 15.5 Å². The molecule has 8 nitrogen and oxygen atoms in total. The van der Waals surface area contributed by atoms with E-state index in [1.54, 1.807) is 30.3 Å². The van der Waals surface area contributed by atoms with Crippen LogP contribution in [0.25, 0.3) is 0 Å². The van der Waals surface area contributed by atoms with Crippen LogP contribution in [0.1, 0.15) is 21.5 Å². The number of aryl methyl sites for hydroxylation is 1. The van der Waals surface area contributed by atoms with Crippen LogP contribution in [0.4, 0.5) is 4.79 Å². The van der Waals surface area contributed by atoms with Gasteiger partial charge in [0.1, 0.15) is 0 Å². The Kier molecular flexibility index (Phi) is 5.73. The number of amides is 3. The Bertz CT molecular complexity index is 879. The fourth-order valence-electron chi connectivity index (χ4n) is 2.07. The fraction of sp³-hybridized carbons (Fsp3) is 0.125. The Balaban J connectivity index is 2.04. The van der Waals surface area contributed by atoms with Crippen LogP contribution in [0.5, 0.6) is 0 Å². The zero-order chi connectivity index (χ0) is 18.4. The van der Waals surface area contributed by atoms with E-state index in [2.05, 4.69) is 5.32 Å². The number of rotatable bonds is 5. The summed E-state index contributed by atoms with van der Waals surface area (Å²) in [7, 11) is -3.99. The van der Waals surface area contributed by atoms with E-state index >= 15 is 0 Å². The Morgan fingerprint density at radius 3 is 2.32 bits per heavy atom. The number of hydrogen-bond acceptors (Lipinski definition) is 5. The van der Waals surface area contributed by atoms with Crippen molar-refractivity contribution >= 4 is 22.0 Å². The molecule has 0 atom stereocenters. The van der Waals surface area contributed by atoms with Crippen LogP contribution in [-0.2, 0) is 16.6 Å². The Morgan fingerprint density at radius 1 is 1.04 bits per heavy atom. The summed E-state index contributed by atoms with van der Waals surface area (Å²) in [5, 5.41) is 11.1. The van der Waals surface area contributed by atoms with Crippen molar-refractivity contribution in [3.8, 4) is 0 Å². The van der Waals surface area contributed by atoms with Crippen LogP contribution in [0.15, 0.2) is 53.4 Å². The molecule has 0 aliphatic carbocycles. The minimum atomic E-state index is -3.99. The number of hydroxylamine groups is 1. The molecule has 3 amide bonds. The van der Waals surface area contributed by atoms with Crippen molar-refractivity contribution in [1.29, 1.82) is 0 Å². The van der Waals surface area contributed by atoms with Gasteiger partial charge in [-0.2, -0.15) is 0 Å². The quantitative estimate of drug-likeness (QED) is 0.471. The number of carbonyl (C=O) groups is 2. The van der Waals surface area contributed by atoms with Gasteiger partial charge < -0.3 is 5.32 Å². The first-order valence-corrected chi connectivity index (χ1v) is 8.71. The van der Waals surface area contributed by atoms with Crippen molar-refractivity contribution in [3.63, 3.8) is 0 Å². The first-order chi connectivity index (χ1) is 11.8. The summed E-state index contributed by atoms with van der Waals surface area (Å²) in [5.74, 6) is -0.731. The van der Waals surface area contributed by atoms with Crippen LogP contribution in [0.2, 0.25) is 0 Å². The lowest BCUT2D eigenvalue weighted by Gasteiger charge is -2.11. The maximum absolute atomic E-state index is 12.1. The Labute approximate surface area is 144 Å². The standard InChI is InChI=1S/C16H17N3O5S/c1-11-6-8-13(9-7-11)25(23,24)19-16(21)17-10-12-4-2-3-5-14(12)15(20)18-22/h2-9,22H,10H2,1H3,(H,18,20)(H2,17,19,21). The third-order valence-corrected chi connectivity index (χ3v) is 4.71. The van der Waals surface area contributed by atoms with E-state index < -0.39 is 22.0 Å². The Hall–Kier alpha value is -2.91. The van der Waals surface area contributed by atoms with E-state index in [1.165, 1.54) is 23.7 Å². The first-order valence-electron chi connectivity index (χ1n) is 7.23. The van der Waals surface area contributed by atoms with Gasteiger partial charge in [0.05, 0.1) is 4.90 Å². The van der Waals surface area contributed by atoms with Gasteiger partial charge in [-0.15, -0.1) is 0 Å². The lowest BCUT2D eigenvalue weighted by Crippen LogP contribution is -2.39. The summed E-state index contributed by atoms with van der Waals surface area (Å²) in [5.41, 5.74) is 2.97. The Morgan fingerprint density at radius 2 is 1.68 bits per heavy atom. The molecule has 0 aliphatic rings. The minimum absolute atomic E-state index is 0.0340. The highest BCUT2D eigenvalue weighted by molar-refractivity contribution is 7.90. The fourth-order valence-corrected chi connectivity index (χ4v) is 2.99. The van der Waals surface area contributed by atoms with Crippen LogP contribution in [0.3, 0.4) is 0 Å². The number of carbonyl (C=O) groups excluding carboxylic acids is 2. The number of benzene rings is 2. The van der Waals surface area contributed by atoms with E-state index in [1.807, 2.05) is 11.6 Å². The molecule has 0 unspecified atom stereocenters. The predicted molar refractivity (Wildman–Crippen MR) is 89.4 cm³/mol. The van der Waals surface area contributed by atoms with Crippen molar-refractivity contribution in [2.45, 2.75) is 18.4 Å². The van der Waals surface area contributed by atoms with Gasteiger partial charge in [-0.3, -0.25) is 10.0 Å². The van der Waals surface area contributed by atoms with Gasteiger partial charge in [0, 0.05) is 12.1 Å². The summed E-state index contributed by atoms with van der Waals surface area (Å²) in [4.78, 5) is 23.4. The molecule has 2 aromatic rings. The van der Waals surface area contributed by atoms with Gasteiger partial charge in [-0.1, -0.05) is 35.9 Å². The average Bonchev–Trinajstić information content (AvgIpc) is 2.59. The molecule has 0 aliphatic heterocycles. The average molecular weight is 363 g/mol. The molecular formula is C16H17N3O5S. The molecule has 25 heavy (non-hydrogen) atoms. The lowest BCUT2D eigenvalue weighted by molar-refractivity contribution is 0.0705. The zero-order valence-corrected chi connectivity index (χ0v) is 14.1. The maximum Gasteiger partial charge on any atom is 0.328 e. The largest absolute Gasteiger partial charge is 0.333 e. The van der Waals surface area contributed by atoms with Gasteiger partial charge in [0.15, 0.2) is 0 Å². The van der Waals surface area contributed by atoms with Crippen molar-refractivity contribution in [3.05, 3.63) is 65.2 Å². The SMILES string of the molecule is Cc1ccc(S(=O)(=O)NC(=O)NCc2ccccc2C(=O)NO)cc1. The zero-order valence-electron chi connectivity index (χ0n) is 13.3. The van der Waals surface area contributed by atoms with E-state index in [9.17, 15) is 18.0 Å². The van der Waals surface area contributed by atoms with E-state index in [0.717, 1.165) is 5.56 Å². The van der Waals surface area contributed by atoms with Crippen LogP contribution >= 0.6 is 0 Å². The molecule has 132 valence electrons. The number of nitrogens with one attached hydrogen (secondary N) is 3. The second-order valence-electron chi connectivity index (χ2n) is 5.20. The van der Waals surface area contributed by atoms with Crippen molar-refractivity contribution in [2.24, 2.45) is 0 Å². The lowest BCUT2D eigenvalue weighted by atomic mass is 10.1. The van der Waals surface area contributed by atoms with E-state index in [4.69, 9.17) is 5.21 Å². The molecule has 0 aromatic heterocycles. The molecule has 2 rings (SSSR count). The molecule has 0 fully saturated rings. The van der Waals surface area contributed by atoms with Gasteiger partial charge >= 0.3 is 6.03 Å². The van der Waals surface area contributed by atoms with E-state index in [0.29, 0.717) is 5.56 Å². The van der Waals surface area contributed by atoms with Crippen LogP contribution < -0.4 is 15.5 Å². The second kappa shape index (κ2) is 7.77. The molecule has 9 heteroatoms. The third kappa shape index (κ3) is 4.78. The molecule has 0 saturated heterocycles. The third-order valence-electron chi connectivity index (χ3n) is 3.36. The molecule has 0 bridgehead atoms. The summed E-state index contributed by atoms with van der Waals surface area (Å²) in [6.45, 7) is 1.72. The first kappa shape index (κ1) is 18.4. The highest BCUT2D eigenvalue weighted by Gasteiger charge is 2.18. The summed E-state index contributed by atoms with van der Waals surface area (Å²) in [6, 6.07) is 11.4. The second-order valence-corrected chi connectivity index (χ2v) is 6.88. The monoisotopic (exact) mass is 363 g/mol. The van der Waals surface area contributed by atoms with Crippen LogP contribution in [-0.4, -0.2) is 25.6 Å². The molecule has 0 radical (unpaired) electrons. The number of hydrogen-bond donors (Lipinski definition) is 4. The normalized spacial score (nSPS) is 10.8. The molecule has 2 aromatic carbocycles. The van der Waals surface area contributed by atoms with Gasteiger partial charge in [0.25, 0.3) is 15.9 Å². The molecule has 0 heterocycles. The highest BCUT2D eigenvalue weighted by Crippen LogP contribution is 2.10. The summed E-state index contributed by atoms with van der Waals surface area (Å²) < 4.78 is 26.1. The van der Waals surface area contributed by atoms with Crippen molar-refractivity contribution in [2.75, 3.05) is 0 Å². The minimum Gasteiger partial charge on any atom is -0.333 e. The van der Waals surface area contributed by atoms with E-state index in [-0.39, 0.29) is 17.0 Å². The highest BCUT2D eigenvalue weighted by atomic mass is 32.2. The van der Waals surface area contributed by atoms with Crippen molar-refractivity contribution < 1.29 is 23.2 Å². The summed E-state index contributed by atoms with van der Waals surface area (Å²) >= 11 is 0. The topological polar surface area (TPSA) is 125 Å².